The molecule has 2 unspecified atom stereocenters. The molecule has 3 aromatic carbocycles. The largest absolute Gasteiger partial charge is 0.508 e. The smallest absolute Gasteiger partial charge is 0.234 e. The van der Waals surface area contributed by atoms with Crippen molar-refractivity contribution in [3.05, 3.63) is 59.4 Å². The number of likely N-dealkylation sites (N-methyl/N-ethyl adjacent to an activating group) is 1. The van der Waals surface area contributed by atoms with Crippen molar-refractivity contribution >= 4 is 27.4 Å². The van der Waals surface area contributed by atoms with Crippen LogP contribution >= 0.6 is 0 Å². The van der Waals surface area contributed by atoms with Crippen LogP contribution in [0.3, 0.4) is 0 Å². The summed E-state index contributed by atoms with van der Waals surface area (Å²) in [5, 5.41) is 36.5. The molecular formula is C35H35FN6O2. The van der Waals surface area contributed by atoms with E-state index >= 15 is 4.39 Å². The average Bonchev–Trinajstić information content (AvgIpc) is 3.55. The van der Waals surface area contributed by atoms with Crippen LogP contribution in [0.5, 0.6) is 11.6 Å². The number of piperazine rings is 1. The maximum absolute atomic E-state index is 17.5. The predicted molar refractivity (Wildman–Crippen MR) is 168 cm³/mol. The monoisotopic (exact) mass is 590 g/mol. The number of anilines is 1. The molecule has 0 amide bonds. The van der Waals surface area contributed by atoms with Crippen LogP contribution in [0.25, 0.3) is 32.7 Å². The minimum atomic E-state index is -0.559. The molecule has 2 N–H and O–H groups in total. The van der Waals surface area contributed by atoms with Crippen molar-refractivity contribution in [3.63, 3.8) is 0 Å². The molecule has 0 spiro atoms. The number of benzene rings is 3. The molecule has 0 saturated carbocycles. The van der Waals surface area contributed by atoms with E-state index < -0.39 is 5.82 Å². The van der Waals surface area contributed by atoms with E-state index in [2.05, 4.69) is 34.3 Å². The van der Waals surface area contributed by atoms with Crippen LogP contribution in [-0.4, -0.2) is 66.4 Å². The van der Waals surface area contributed by atoms with Gasteiger partial charge in [-0.1, -0.05) is 24.3 Å². The number of nitrogens with zero attached hydrogens (tertiary/aromatic N) is 5. The second-order valence-corrected chi connectivity index (χ2v) is 12.3. The fraction of sp³-hybridized carbons (Fsp3) is 0.400. The third kappa shape index (κ3) is 4.77. The Hall–Kier alpha value is -4.44. The van der Waals surface area contributed by atoms with Crippen LogP contribution in [0, 0.1) is 28.5 Å². The molecule has 3 fully saturated rings. The van der Waals surface area contributed by atoms with Crippen molar-refractivity contribution in [1.29, 1.82) is 10.5 Å². The number of phenols is 1. The molecule has 7 rings (SSSR count). The Labute approximate surface area is 256 Å². The Morgan fingerprint density at radius 2 is 1.89 bits per heavy atom. The van der Waals surface area contributed by atoms with E-state index in [0.717, 1.165) is 56.1 Å². The highest BCUT2D eigenvalue weighted by molar-refractivity contribution is 6.05. The van der Waals surface area contributed by atoms with Gasteiger partial charge in [0.25, 0.3) is 0 Å². The topological polar surface area (TPSA) is 108 Å². The van der Waals surface area contributed by atoms with E-state index in [-0.39, 0.29) is 47.1 Å². The van der Waals surface area contributed by atoms with Gasteiger partial charge in [-0.2, -0.15) is 15.5 Å². The lowest BCUT2D eigenvalue weighted by molar-refractivity contribution is 0.193. The number of aromatic nitrogens is 1. The molecule has 9 heteroatoms. The Kier molecular flexibility index (Phi) is 7.45. The number of halogens is 1. The molecule has 3 atom stereocenters. The number of ether oxygens (including phenoxy) is 1. The van der Waals surface area contributed by atoms with Gasteiger partial charge in [-0.15, -0.1) is 0 Å². The van der Waals surface area contributed by atoms with Gasteiger partial charge in [0, 0.05) is 54.0 Å². The minimum Gasteiger partial charge on any atom is -0.508 e. The van der Waals surface area contributed by atoms with Gasteiger partial charge in [0.05, 0.1) is 6.07 Å². The van der Waals surface area contributed by atoms with Crippen LogP contribution < -0.4 is 15.0 Å². The number of hydrogen-bond donors (Lipinski definition) is 2. The Balaban J connectivity index is 1.51. The molecule has 44 heavy (non-hydrogen) atoms. The summed E-state index contributed by atoms with van der Waals surface area (Å²) in [4.78, 5) is 9.56. The van der Waals surface area contributed by atoms with Crippen molar-refractivity contribution in [2.45, 2.75) is 56.7 Å². The zero-order valence-electron chi connectivity index (χ0n) is 24.8. The minimum absolute atomic E-state index is 0.0162. The van der Waals surface area contributed by atoms with E-state index in [4.69, 9.17) is 9.72 Å². The molecule has 8 nitrogen and oxygen atoms in total. The van der Waals surface area contributed by atoms with Crippen LogP contribution in [0.2, 0.25) is 0 Å². The molecule has 3 aliphatic rings. The predicted octanol–water partition coefficient (Wildman–Crippen LogP) is 5.64. The maximum Gasteiger partial charge on any atom is 0.234 e. The number of nitrogens with one attached hydrogen (secondary N) is 1. The molecule has 1 aromatic heterocycles. The standard InChI is InChI=1S/C35H35FN6O2/c1-41-13-5-8-25(41)20-44-35-30(17-38)32-29(34(40-35)42-23-10-11-24(42)19-39-18-23)15-22(7-4-12-37)31(33(32)36)28-16-26(43)14-21-6-2-3-9-27(21)28/h2-3,6,9,14-16,23-25,39,43H,4-5,7-8,10-11,13,18-20H2,1H3/t23?,24?,25-/m0/s1. The fourth-order valence-electron chi connectivity index (χ4n) is 7.52. The quantitative estimate of drug-likeness (QED) is 0.285. The molecule has 0 aliphatic carbocycles. The third-order valence-electron chi connectivity index (χ3n) is 9.70. The molecule has 4 aromatic rings. The number of nitriles is 2. The summed E-state index contributed by atoms with van der Waals surface area (Å²) in [6.45, 7) is 2.96. The molecule has 224 valence electrons. The number of aryl methyl sites for hydroxylation is 1. The molecule has 3 aliphatic heterocycles. The van der Waals surface area contributed by atoms with Crippen molar-refractivity contribution in [3.8, 4) is 34.9 Å². The van der Waals surface area contributed by atoms with Gasteiger partial charge in [0.2, 0.25) is 5.88 Å². The number of hydrogen-bond acceptors (Lipinski definition) is 8. The van der Waals surface area contributed by atoms with Crippen molar-refractivity contribution in [2.75, 3.05) is 38.2 Å². The third-order valence-corrected chi connectivity index (χ3v) is 9.70. The number of aromatic hydroxyl groups is 1. The first-order valence-electron chi connectivity index (χ1n) is 15.5. The van der Waals surface area contributed by atoms with Gasteiger partial charge in [0.15, 0.2) is 0 Å². The first kappa shape index (κ1) is 28.3. The molecule has 2 bridgehead atoms. The lowest BCUT2D eigenvalue weighted by Gasteiger charge is -2.37. The van der Waals surface area contributed by atoms with Crippen LogP contribution in [0.15, 0.2) is 42.5 Å². The molecule has 4 heterocycles. The van der Waals surface area contributed by atoms with Gasteiger partial charge in [0.1, 0.15) is 35.6 Å². The van der Waals surface area contributed by atoms with Gasteiger partial charge >= 0.3 is 0 Å². The highest BCUT2D eigenvalue weighted by atomic mass is 19.1. The number of pyridine rings is 1. The number of likely N-dealkylation sites (tertiary alicyclic amines) is 1. The average molecular weight is 591 g/mol. The lowest BCUT2D eigenvalue weighted by atomic mass is 9.88. The fourth-order valence-corrected chi connectivity index (χ4v) is 7.52. The van der Waals surface area contributed by atoms with E-state index in [1.54, 1.807) is 12.1 Å². The van der Waals surface area contributed by atoms with Crippen LogP contribution in [0.1, 0.15) is 43.2 Å². The summed E-state index contributed by atoms with van der Waals surface area (Å²) in [7, 11) is 2.07. The van der Waals surface area contributed by atoms with Crippen LogP contribution in [0.4, 0.5) is 10.2 Å². The normalized spacial score (nSPS) is 21.5. The summed E-state index contributed by atoms with van der Waals surface area (Å²) in [6, 6.07) is 17.7. The zero-order valence-corrected chi connectivity index (χ0v) is 24.8. The second kappa shape index (κ2) is 11.6. The second-order valence-electron chi connectivity index (χ2n) is 12.3. The van der Waals surface area contributed by atoms with Gasteiger partial charge < -0.3 is 25.0 Å². The zero-order chi connectivity index (χ0) is 30.4. The van der Waals surface area contributed by atoms with E-state index in [0.29, 0.717) is 40.9 Å². The SMILES string of the molecule is CN1CCC[C@H]1COc1nc(N2C3CCC2CNC3)c2cc(CCC#N)c(-c3cc(O)cc4ccccc34)c(F)c2c1C#N. The Bertz CT molecular complexity index is 1830. The maximum atomic E-state index is 17.5. The summed E-state index contributed by atoms with van der Waals surface area (Å²) in [6.07, 6.45) is 4.58. The first-order chi connectivity index (χ1) is 21.5. The van der Waals surface area contributed by atoms with Crippen molar-refractivity contribution in [1.82, 2.24) is 15.2 Å². The number of fused-ring (bicyclic) bond motifs is 4. The summed E-state index contributed by atoms with van der Waals surface area (Å²) < 4.78 is 23.8. The lowest BCUT2D eigenvalue weighted by Crippen LogP contribution is -2.52. The van der Waals surface area contributed by atoms with E-state index in [1.807, 2.05) is 30.3 Å². The molecule has 0 radical (unpaired) electrons. The highest BCUT2D eigenvalue weighted by Gasteiger charge is 2.39. The van der Waals surface area contributed by atoms with Gasteiger partial charge in [-0.05, 0) is 85.8 Å². The van der Waals surface area contributed by atoms with Gasteiger partial charge in [-0.3, -0.25) is 0 Å². The number of rotatable bonds is 7. The molecule has 3 saturated heterocycles. The van der Waals surface area contributed by atoms with Gasteiger partial charge in [-0.25, -0.2) is 4.39 Å². The highest BCUT2D eigenvalue weighted by Crippen LogP contribution is 2.45. The van der Waals surface area contributed by atoms with E-state index in [1.165, 1.54) is 0 Å². The molecular weight excluding hydrogens is 555 g/mol. The Morgan fingerprint density at radius 1 is 1.09 bits per heavy atom. The summed E-state index contributed by atoms with van der Waals surface area (Å²) in [5.74, 6) is 0.245. The van der Waals surface area contributed by atoms with Crippen molar-refractivity contribution < 1.29 is 14.2 Å². The summed E-state index contributed by atoms with van der Waals surface area (Å²) >= 11 is 0. The Morgan fingerprint density at radius 3 is 2.61 bits per heavy atom. The van der Waals surface area contributed by atoms with Crippen molar-refractivity contribution in [2.24, 2.45) is 0 Å². The summed E-state index contributed by atoms with van der Waals surface area (Å²) in [5.41, 5.74) is 1.52. The van der Waals surface area contributed by atoms with Crippen LogP contribution in [-0.2, 0) is 6.42 Å². The number of phenolic OH excluding ortho intramolecular Hbond substituents is 1. The van der Waals surface area contributed by atoms with E-state index in [9.17, 15) is 15.6 Å². The first-order valence-corrected chi connectivity index (χ1v) is 15.5.